The van der Waals surface area contributed by atoms with Crippen molar-refractivity contribution in [3.63, 3.8) is 0 Å². The van der Waals surface area contributed by atoms with E-state index >= 15 is 0 Å². The molecule has 0 aliphatic rings. The monoisotopic (exact) mass is 264 g/mol. The first-order valence-electron chi connectivity index (χ1n) is 6.68. The first kappa shape index (κ1) is 13.9. The summed E-state index contributed by atoms with van der Waals surface area (Å²) < 4.78 is 19.3. The Morgan fingerprint density at radius 3 is 2.79 bits per heavy atom. The van der Waals surface area contributed by atoms with Gasteiger partial charge in [0.2, 0.25) is 0 Å². The minimum absolute atomic E-state index is 0.269. The van der Waals surface area contributed by atoms with Crippen LogP contribution in [0.25, 0.3) is 10.9 Å². The molecular formula is C15H21FN2O. The lowest BCUT2D eigenvalue weighted by Crippen LogP contribution is -2.21. The third-order valence-corrected chi connectivity index (χ3v) is 3.42. The fraction of sp³-hybridized carbons (Fsp3) is 0.467. The van der Waals surface area contributed by atoms with Gasteiger partial charge in [0, 0.05) is 23.6 Å². The molecule has 0 radical (unpaired) electrons. The highest BCUT2D eigenvalue weighted by atomic mass is 19.1. The highest BCUT2D eigenvalue weighted by Gasteiger charge is 2.13. The smallest absolute Gasteiger partial charge is 0.174 e. The molecule has 1 N–H and O–H groups in total. The molecule has 1 aromatic heterocycles. The number of methoxy groups -OCH3 is 1. The molecule has 104 valence electrons. The summed E-state index contributed by atoms with van der Waals surface area (Å²) in [6.45, 7) is 4.15. The Bertz CT molecular complexity index is 550. The fourth-order valence-electron chi connectivity index (χ4n) is 2.39. The fourth-order valence-corrected chi connectivity index (χ4v) is 2.39. The SMILES string of the molecule is CCCN(C)CCc1c[nH]c2ccc(OC)c(F)c12. The maximum absolute atomic E-state index is 14.3. The maximum Gasteiger partial charge on any atom is 0.174 e. The quantitative estimate of drug-likeness (QED) is 0.868. The number of nitrogens with one attached hydrogen (secondary N) is 1. The van der Waals surface area contributed by atoms with Gasteiger partial charge in [-0.05, 0) is 44.1 Å². The summed E-state index contributed by atoms with van der Waals surface area (Å²) in [6, 6.07) is 3.51. The van der Waals surface area contributed by atoms with Gasteiger partial charge in [0.05, 0.1) is 7.11 Å². The third kappa shape index (κ3) is 2.89. The Morgan fingerprint density at radius 1 is 1.32 bits per heavy atom. The summed E-state index contributed by atoms with van der Waals surface area (Å²) in [5.74, 6) is 0.0321. The lowest BCUT2D eigenvalue weighted by Gasteiger charge is -2.14. The number of nitrogens with zero attached hydrogens (tertiary/aromatic N) is 1. The molecule has 0 amide bonds. The lowest BCUT2D eigenvalue weighted by atomic mass is 10.1. The van der Waals surface area contributed by atoms with Gasteiger partial charge in [-0.3, -0.25) is 0 Å². The summed E-state index contributed by atoms with van der Waals surface area (Å²) in [5, 5.41) is 0.657. The van der Waals surface area contributed by atoms with Crippen LogP contribution in [-0.4, -0.2) is 37.1 Å². The van der Waals surface area contributed by atoms with Gasteiger partial charge in [0.15, 0.2) is 11.6 Å². The average Bonchev–Trinajstić information content (AvgIpc) is 2.81. The van der Waals surface area contributed by atoms with E-state index < -0.39 is 0 Å². The van der Waals surface area contributed by atoms with E-state index in [1.54, 1.807) is 6.07 Å². The second kappa shape index (κ2) is 6.06. The van der Waals surface area contributed by atoms with Crippen LogP contribution >= 0.6 is 0 Å². The van der Waals surface area contributed by atoms with Crippen molar-refractivity contribution in [2.24, 2.45) is 0 Å². The second-order valence-corrected chi connectivity index (χ2v) is 4.87. The van der Waals surface area contributed by atoms with Gasteiger partial charge in [-0.25, -0.2) is 4.39 Å². The molecule has 0 bridgehead atoms. The van der Waals surface area contributed by atoms with Crippen LogP contribution in [0.1, 0.15) is 18.9 Å². The van der Waals surface area contributed by atoms with E-state index in [2.05, 4.69) is 23.9 Å². The van der Waals surface area contributed by atoms with Crippen molar-refractivity contribution in [1.82, 2.24) is 9.88 Å². The van der Waals surface area contributed by atoms with Crippen molar-refractivity contribution in [3.05, 3.63) is 29.7 Å². The predicted octanol–water partition coefficient (Wildman–Crippen LogP) is 3.20. The van der Waals surface area contributed by atoms with Crippen LogP contribution in [0.3, 0.4) is 0 Å². The van der Waals surface area contributed by atoms with Crippen molar-refractivity contribution in [1.29, 1.82) is 0 Å². The molecule has 1 aromatic carbocycles. The molecule has 0 unspecified atom stereocenters. The standard InChI is InChI=1S/C15H21FN2O/c1-4-8-18(2)9-7-11-10-17-12-5-6-13(19-3)15(16)14(11)12/h5-6,10,17H,4,7-9H2,1-3H3. The number of H-pyrrole nitrogens is 1. The zero-order valence-electron chi connectivity index (χ0n) is 11.8. The van der Waals surface area contributed by atoms with Gasteiger partial charge in [-0.15, -0.1) is 0 Å². The summed E-state index contributed by atoms with van der Waals surface area (Å²) in [5.41, 5.74) is 1.83. The third-order valence-electron chi connectivity index (χ3n) is 3.42. The van der Waals surface area contributed by atoms with Crippen molar-refractivity contribution < 1.29 is 9.13 Å². The lowest BCUT2D eigenvalue weighted by molar-refractivity contribution is 0.339. The van der Waals surface area contributed by atoms with Crippen LogP contribution in [0.15, 0.2) is 18.3 Å². The van der Waals surface area contributed by atoms with E-state index in [-0.39, 0.29) is 5.82 Å². The van der Waals surface area contributed by atoms with Crippen molar-refractivity contribution in [2.75, 3.05) is 27.2 Å². The Kier molecular flexibility index (Phi) is 4.43. The van der Waals surface area contributed by atoms with E-state index in [9.17, 15) is 4.39 Å². The zero-order chi connectivity index (χ0) is 13.8. The number of hydrogen-bond acceptors (Lipinski definition) is 2. The molecule has 0 atom stereocenters. The van der Waals surface area contributed by atoms with Crippen molar-refractivity contribution >= 4 is 10.9 Å². The van der Waals surface area contributed by atoms with Crippen LogP contribution in [0.4, 0.5) is 4.39 Å². The molecule has 0 spiro atoms. The number of aromatic amines is 1. The second-order valence-electron chi connectivity index (χ2n) is 4.87. The molecule has 3 nitrogen and oxygen atoms in total. The Morgan fingerprint density at radius 2 is 2.11 bits per heavy atom. The first-order valence-corrected chi connectivity index (χ1v) is 6.68. The van der Waals surface area contributed by atoms with Gasteiger partial charge in [-0.1, -0.05) is 6.92 Å². The van der Waals surface area contributed by atoms with E-state index in [1.165, 1.54) is 7.11 Å². The number of likely N-dealkylation sites (N-methyl/N-ethyl adjacent to an activating group) is 1. The number of hydrogen-bond donors (Lipinski definition) is 1. The van der Waals surface area contributed by atoms with Crippen LogP contribution in [0.2, 0.25) is 0 Å². The number of fused-ring (bicyclic) bond motifs is 1. The van der Waals surface area contributed by atoms with Gasteiger partial charge in [0.1, 0.15) is 0 Å². The molecule has 2 rings (SSSR count). The van der Waals surface area contributed by atoms with E-state index in [4.69, 9.17) is 4.74 Å². The normalized spacial score (nSPS) is 11.4. The Labute approximate surface area is 113 Å². The van der Waals surface area contributed by atoms with Crippen molar-refractivity contribution in [2.45, 2.75) is 19.8 Å². The number of halogens is 1. The van der Waals surface area contributed by atoms with E-state index in [0.29, 0.717) is 11.1 Å². The average molecular weight is 264 g/mol. The maximum atomic E-state index is 14.3. The zero-order valence-corrected chi connectivity index (χ0v) is 11.8. The number of benzene rings is 1. The van der Waals surface area contributed by atoms with E-state index in [1.807, 2.05) is 12.3 Å². The van der Waals surface area contributed by atoms with E-state index in [0.717, 1.165) is 37.0 Å². The van der Waals surface area contributed by atoms with Gasteiger partial charge in [-0.2, -0.15) is 0 Å². The molecule has 2 aromatic rings. The molecule has 1 heterocycles. The van der Waals surface area contributed by atoms with Gasteiger partial charge >= 0.3 is 0 Å². The van der Waals surface area contributed by atoms with Crippen LogP contribution in [0.5, 0.6) is 5.75 Å². The summed E-state index contributed by atoms with van der Waals surface area (Å²) in [4.78, 5) is 5.38. The molecule has 0 aliphatic carbocycles. The highest BCUT2D eigenvalue weighted by Crippen LogP contribution is 2.28. The summed E-state index contributed by atoms with van der Waals surface area (Å²) >= 11 is 0. The first-order chi connectivity index (χ1) is 9.17. The number of ether oxygens (including phenoxy) is 1. The predicted molar refractivity (Wildman–Crippen MR) is 76.3 cm³/mol. The van der Waals surface area contributed by atoms with Gasteiger partial charge < -0.3 is 14.6 Å². The largest absolute Gasteiger partial charge is 0.494 e. The molecule has 19 heavy (non-hydrogen) atoms. The highest BCUT2D eigenvalue weighted by molar-refractivity contribution is 5.85. The van der Waals surface area contributed by atoms with Crippen LogP contribution < -0.4 is 4.74 Å². The van der Waals surface area contributed by atoms with Gasteiger partial charge in [0.25, 0.3) is 0 Å². The summed E-state index contributed by atoms with van der Waals surface area (Å²) in [6.07, 6.45) is 3.86. The number of aromatic nitrogens is 1. The molecule has 0 saturated carbocycles. The van der Waals surface area contributed by atoms with Crippen LogP contribution in [0, 0.1) is 5.82 Å². The topological polar surface area (TPSA) is 28.3 Å². The van der Waals surface area contributed by atoms with Crippen LogP contribution in [-0.2, 0) is 6.42 Å². The minimum Gasteiger partial charge on any atom is -0.494 e. The molecule has 0 saturated heterocycles. The molecule has 4 heteroatoms. The number of rotatable bonds is 6. The summed E-state index contributed by atoms with van der Waals surface area (Å²) in [7, 11) is 3.58. The molecule has 0 fully saturated rings. The minimum atomic E-state index is -0.269. The van der Waals surface area contributed by atoms with Crippen molar-refractivity contribution in [3.8, 4) is 5.75 Å². The molecule has 0 aliphatic heterocycles. The molecular weight excluding hydrogens is 243 g/mol. The Balaban J connectivity index is 2.24. The Hall–Kier alpha value is -1.55.